The average Bonchev–Trinajstić information content (AvgIpc) is 2.84. The second-order valence-corrected chi connectivity index (χ2v) is 8.32. The van der Waals surface area contributed by atoms with Crippen LogP contribution in [0.5, 0.6) is 11.5 Å². The van der Waals surface area contributed by atoms with Gasteiger partial charge in [-0.3, -0.25) is 9.69 Å². The van der Waals surface area contributed by atoms with Crippen molar-refractivity contribution in [1.82, 2.24) is 9.88 Å². The summed E-state index contributed by atoms with van der Waals surface area (Å²) in [6.45, 7) is 6.88. The second kappa shape index (κ2) is 13.9. The molecule has 1 aromatic carbocycles. The van der Waals surface area contributed by atoms with Crippen LogP contribution in [-0.2, 0) is 12.7 Å². The van der Waals surface area contributed by atoms with E-state index >= 15 is 0 Å². The van der Waals surface area contributed by atoms with Crippen molar-refractivity contribution >= 4 is 11.7 Å². The molecule has 0 saturated carbocycles. The number of methoxy groups -OCH3 is 1. The number of anilines is 1. The van der Waals surface area contributed by atoms with Crippen LogP contribution in [0.4, 0.5) is 19.0 Å². The number of benzene rings is 1. The minimum Gasteiger partial charge on any atom is -0.493 e. The molecule has 1 saturated heterocycles. The van der Waals surface area contributed by atoms with Gasteiger partial charge < -0.3 is 25.6 Å². The summed E-state index contributed by atoms with van der Waals surface area (Å²) < 4.78 is 51.0. The Morgan fingerprint density at radius 1 is 1.22 bits per heavy atom. The van der Waals surface area contributed by atoms with E-state index in [0.29, 0.717) is 12.4 Å². The summed E-state index contributed by atoms with van der Waals surface area (Å²) in [4.78, 5) is 17.5. The Bertz CT molecular complexity index is 980. The first-order valence-corrected chi connectivity index (χ1v) is 11.9. The number of ether oxygens (including phenoxy) is 2. The molecular weight excluding hydrogens is 477 g/mol. The van der Waals surface area contributed by atoms with Crippen LogP contribution in [0.15, 0.2) is 30.5 Å². The molecule has 200 valence electrons. The van der Waals surface area contributed by atoms with E-state index in [1.54, 1.807) is 14.0 Å². The van der Waals surface area contributed by atoms with Crippen LogP contribution in [-0.4, -0.2) is 60.4 Å². The van der Waals surface area contributed by atoms with Gasteiger partial charge >= 0.3 is 6.18 Å². The van der Waals surface area contributed by atoms with Crippen LogP contribution in [0.3, 0.4) is 0 Å². The zero-order valence-corrected chi connectivity index (χ0v) is 20.9. The van der Waals surface area contributed by atoms with Gasteiger partial charge in [0.1, 0.15) is 5.82 Å². The van der Waals surface area contributed by atoms with Crippen LogP contribution in [0, 0.1) is 0 Å². The number of carbonyl (C=O) groups is 1. The van der Waals surface area contributed by atoms with Crippen molar-refractivity contribution in [3.8, 4) is 11.5 Å². The maximum atomic E-state index is 13.3. The van der Waals surface area contributed by atoms with Crippen LogP contribution >= 0.6 is 0 Å². The number of nitrogens with zero attached hydrogens (tertiary/aromatic N) is 2. The van der Waals surface area contributed by atoms with Gasteiger partial charge in [-0.2, -0.15) is 13.2 Å². The van der Waals surface area contributed by atoms with Gasteiger partial charge in [0.25, 0.3) is 5.91 Å². The molecule has 3 rings (SSSR count). The van der Waals surface area contributed by atoms with E-state index in [4.69, 9.17) is 20.3 Å². The van der Waals surface area contributed by atoms with E-state index in [0.717, 1.165) is 62.5 Å². The highest BCUT2D eigenvalue weighted by atomic mass is 19.4. The van der Waals surface area contributed by atoms with Gasteiger partial charge in [-0.1, -0.05) is 13.0 Å². The minimum atomic E-state index is -4.69. The fourth-order valence-corrected chi connectivity index (χ4v) is 3.81. The van der Waals surface area contributed by atoms with Crippen molar-refractivity contribution in [2.24, 2.45) is 5.73 Å². The van der Waals surface area contributed by atoms with Crippen molar-refractivity contribution in [2.75, 3.05) is 38.7 Å². The number of primary amides is 1. The lowest BCUT2D eigenvalue weighted by Crippen LogP contribution is -2.38. The Hall–Kier alpha value is -3.05. The first-order valence-electron chi connectivity index (χ1n) is 11.9. The van der Waals surface area contributed by atoms with Crippen LogP contribution < -0.4 is 20.5 Å². The molecule has 0 atom stereocenters. The number of pyridine rings is 1. The largest absolute Gasteiger partial charge is 0.493 e. The molecule has 1 aliphatic rings. The molecule has 0 bridgehead atoms. The molecule has 1 aromatic heterocycles. The van der Waals surface area contributed by atoms with Gasteiger partial charge in [-0.25, -0.2) is 4.98 Å². The fraction of sp³-hybridized carbons (Fsp3) is 0.520. The quantitative estimate of drug-likeness (QED) is 0.465. The third-order valence-corrected chi connectivity index (χ3v) is 5.51. The molecule has 4 N–H and O–H groups in total. The van der Waals surface area contributed by atoms with E-state index in [2.05, 4.69) is 15.2 Å². The lowest BCUT2D eigenvalue weighted by Gasteiger charge is -2.32. The number of alkyl halides is 3. The summed E-state index contributed by atoms with van der Waals surface area (Å²) in [5.74, 6) is 0.345. The number of nitrogens with two attached hydrogens (primary N) is 1. The highest BCUT2D eigenvalue weighted by Crippen LogP contribution is 2.33. The maximum absolute atomic E-state index is 13.3. The second-order valence-electron chi connectivity index (χ2n) is 8.32. The fourth-order valence-electron chi connectivity index (χ4n) is 3.81. The van der Waals surface area contributed by atoms with Crippen LogP contribution in [0.2, 0.25) is 0 Å². The van der Waals surface area contributed by atoms with E-state index < -0.39 is 23.2 Å². The number of hydrogen-bond acceptors (Lipinski definition) is 7. The lowest BCUT2D eigenvalue weighted by molar-refractivity contribution is -0.137. The zero-order valence-electron chi connectivity index (χ0n) is 20.9. The summed E-state index contributed by atoms with van der Waals surface area (Å²) in [5, 5.41) is 10.6. The number of piperidine rings is 1. The SMILES string of the molecule is CCCOc1cc(CN2CCC(Nc3cc(C(F)(F)F)c(C(N)=O)cn3)CC2)ccc1OC.CCO. The van der Waals surface area contributed by atoms with Crippen molar-refractivity contribution < 1.29 is 32.5 Å². The number of aliphatic hydroxyl groups is 1. The summed E-state index contributed by atoms with van der Waals surface area (Å²) in [5.41, 5.74) is 4.44. The Morgan fingerprint density at radius 3 is 2.44 bits per heavy atom. The average molecular weight is 513 g/mol. The molecule has 1 amide bonds. The van der Waals surface area contributed by atoms with E-state index in [9.17, 15) is 18.0 Å². The Labute approximate surface area is 209 Å². The van der Waals surface area contributed by atoms with Gasteiger partial charge in [-0.15, -0.1) is 0 Å². The number of nitrogens with one attached hydrogen (secondary N) is 1. The summed E-state index contributed by atoms with van der Waals surface area (Å²) >= 11 is 0. The number of halogens is 3. The van der Waals surface area contributed by atoms with Gasteiger partial charge in [0.2, 0.25) is 0 Å². The minimum absolute atomic E-state index is 0.0198. The van der Waals surface area contributed by atoms with E-state index in [1.807, 2.05) is 25.1 Å². The van der Waals surface area contributed by atoms with Crippen LogP contribution in [0.25, 0.3) is 0 Å². The van der Waals surface area contributed by atoms with Crippen molar-refractivity contribution in [2.45, 2.75) is 51.9 Å². The number of aromatic nitrogens is 1. The van der Waals surface area contributed by atoms with E-state index in [1.165, 1.54) is 0 Å². The van der Waals surface area contributed by atoms with Crippen molar-refractivity contribution in [3.63, 3.8) is 0 Å². The lowest BCUT2D eigenvalue weighted by atomic mass is 10.0. The zero-order chi connectivity index (χ0) is 26.7. The first-order chi connectivity index (χ1) is 17.1. The number of rotatable bonds is 9. The predicted molar refractivity (Wildman–Crippen MR) is 131 cm³/mol. The smallest absolute Gasteiger partial charge is 0.417 e. The summed E-state index contributed by atoms with van der Waals surface area (Å²) in [6, 6.07) is 6.72. The standard InChI is InChI=1S/C23H29F3N4O3.C2H6O/c1-3-10-33-20-11-15(4-5-19(20)32-2)14-30-8-6-16(7-9-30)29-21-12-18(23(24,25)26)17(13-28-21)22(27)31;1-2-3/h4-5,11-13,16H,3,6-10,14H2,1-2H3,(H2,27,31)(H,28,29);3H,2H2,1H3. The number of carbonyl (C=O) groups excluding carboxylic acids is 1. The third kappa shape index (κ3) is 8.56. The number of aliphatic hydroxyl groups excluding tert-OH is 1. The predicted octanol–water partition coefficient (Wildman–Crippen LogP) is 4.07. The molecule has 1 aliphatic heterocycles. The maximum Gasteiger partial charge on any atom is 0.417 e. The summed E-state index contributed by atoms with van der Waals surface area (Å²) in [7, 11) is 1.61. The van der Waals surface area contributed by atoms with Gasteiger partial charge in [0.05, 0.1) is 24.8 Å². The Morgan fingerprint density at radius 2 is 1.89 bits per heavy atom. The monoisotopic (exact) mass is 512 g/mol. The van der Waals surface area contributed by atoms with Gasteiger partial charge in [-0.05, 0) is 49.9 Å². The number of hydrogen-bond donors (Lipinski definition) is 3. The number of amides is 1. The van der Waals surface area contributed by atoms with Gasteiger partial charge in [0, 0.05) is 38.5 Å². The van der Waals surface area contributed by atoms with E-state index in [-0.39, 0.29) is 18.5 Å². The molecule has 1 fully saturated rings. The molecule has 2 heterocycles. The highest BCUT2D eigenvalue weighted by molar-refractivity contribution is 5.94. The first kappa shape index (κ1) is 29.2. The van der Waals surface area contributed by atoms with Crippen LogP contribution in [0.1, 0.15) is 54.6 Å². The van der Waals surface area contributed by atoms with Crippen molar-refractivity contribution in [1.29, 1.82) is 0 Å². The molecule has 0 unspecified atom stereocenters. The molecule has 2 aromatic rings. The molecule has 8 nitrogen and oxygen atoms in total. The Kier molecular flexibility index (Phi) is 11.3. The highest BCUT2D eigenvalue weighted by Gasteiger charge is 2.35. The normalized spacial score (nSPS) is 14.5. The van der Waals surface area contributed by atoms with Gasteiger partial charge in [0.15, 0.2) is 11.5 Å². The third-order valence-electron chi connectivity index (χ3n) is 5.51. The molecule has 0 radical (unpaired) electrons. The molecule has 11 heteroatoms. The number of likely N-dealkylation sites (tertiary alicyclic amines) is 1. The molecule has 36 heavy (non-hydrogen) atoms. The molecular formula is C25H35F3N4O4. The van der Waals surface area contributed by atoms with Crippen molar-refractivity contribution in [3.05, 3.63) is 47.2 Å². The Balaban J connectivity index is 0.00000145. The molecule has 0 spiro atoms. The molecule has 0 aliphatic carbocycles. The summed E-state index contributed by atoms with van der Waals surface area (Å²) in [6.07, 6.45) is -1.42. The topological polar surface area (TPSA) is 110 Å².